The predicted octanol–water partition coefficient (Wildman–Crippen LogP) is 4.82. The van der Waals surface area contributed by atoms with Crippen molar-refractivity contribution in [3.63, 3.8) is 0 Å². The zero-order chi connectivity index (χ0) is 16.4. The molecular weight excluding hydrogens is 291 g/mol. The Morgan fingerprint density at radius 2 is 1.81 bits per heavy atom. The number of halogens is 2. The molecule has 0 amide bonds. The summed E-state index contributed by atoms with van der Waals surface area (Å²) in [5, 5.41) is 0.452. The van der Waals surface area contributed by atoms with Gasteiger partial charge < -0.3 is 4.79 Å². The molecule has 0 aliphatic rings. The summed E-state index contributed by atoms with van der Waals surface area (Å²) < 4.78 is 14.4. The number of hydrogen-bond acceptors (Lipinski definition) is 2. The number of ketones is 2. The maximum absolute atomic E-state index is 14.4. The smallest absolute Gasteiger partial charge is 0.137 e. The third-order valence-electron chi connectivity index (χ3n) is 3.55. The first-order valence-electron chi connectivity index (χ1n) is 7.03. The van der Waals surface area contributed by atoms with Crippen LogP contribution in [0, 0.1) is 5.82 Å². The molecule has 116 valence electrons. The largest absolute Gasteiger partial charge is 0.300 e. The van der Waals surface area contributed by atoms with Crippen molar-refractivity contribution in [3.8, 4) is 0 Å². The highest BCUT2D eigenvalue weighted by Crippen LogP contribution is 2.35. The van der Waals surface area contributed by atoms with Gasteiger partial charge in [-0.2, -0.15) is 0 Å². The van der Waals surface area contributed by atoms with Gasteiger partial charge in [0.25, 0.3) is 0 Å². The van der Waals surface area contributed by atoms with E-state index in [0.717, 1.165) is 0 Å². The van der Waals surface area contributed by atoms with Crippen molar-refractivity contribution in [2.24, 2.45) is 0 Å². The summed E-state index contributed by atoms with van der Waals surface area (Å²) in [6.45, 7) is 8.72. The van der Waals surface area contributed by atoms with Crippen LogP contribution in [-0.2, 0) is 15.0 Å². The van der Waals surface area contributed by atoms with Gasteiger partial charge in [-0.3, -0.25) is 4.79 Å². The fraction of sp³-hybridized carbons (Fsp3) is 0.529. The monoisotopic (exact) mass is 312 g/mol. The van der Waals surface area contributed by atoms with Crippen LogP contribution in [0.3, 0.4) is 0 Å². The van der Waals surface area contributed by atoms with E-state index in [1.807, 2.05) is 20.8 Å². The van der Waals surface area contributed by atoms with E-state index in [0.29, 0.717) is 17.0 Å². The third-order valence-corrected chi connectivity index (χ3v) is 3.86. The van der Waals surface area contributed by atoms with Gasteiger partial charge in [-0.25, -0.2) is 4.39 Å². The first-order chi connectivity index (χ1) is 9.54. The number of carbonyl (C=O) groups excluding carboxylic acids is 2. The molecule has 1 rings (SSSR count). The van der Waals surface area contributed by atoms with Crippen LogP contribution in [-0.4, -0.2) is 11.6 Å². The van der Waals surface area contributed by atoms with Gasteiger partial charge in [0, 0.05) is 17.4 Å². The van der Waals surface area contributed by atoms with Gasteiger partial charge in [-0.15, -0.1) is 0 Å². The van der Waals surface area contributed by atoms with Crippen LogP contribution < -0.4 is 0 Å². The molecule has 0 bridgehead atoms. The Bertz CT molecular complexity index is 559. The highest BCUT2D eigenvalue weighted by Gasteiger charge is 2.25. The van der Waals surface area contributed by atoms with Gasteiger partial charge in [0.2, 0.25) is 0 Å². The van der Waals surface area contributed by atoms with E-state index in [4.69, 9.17) is 11.6 Å². The Labute approximate surface area is 130 Å². The van der Waals surface area contributed by atoms with E-state index in [1.54, 1.807) is 0 Å². The van der Waals surface area contributed by atoms with Gasteiger partial charge in [-0.05, 0) is 48.9 Å². The van der Waals surface area contributed by atoms with Crippen LogP contribution in [0.2, 0.25) is 5.02 Å². The molecule has 1 aromatic carbocycles. The second kappa shape index (κ2) is 6.69. The minimum Gasteiger partial charge on any atom is -0.300 e. The second-order valence-electron chi connectivity index (χ2n) is 6.51. The molecule has 0 radical (unpaired) electrons. The summed E-state index contributed by atoms with van der Waals surface area (Å²) >= 11 is 6.25. The Morgan fingerprint density at radius 3 is 2.24 bits per heavy atom. The highest BCUT2D eigenvalue weighted by molar-refractivity contribution is 6.31. The molecule has 0 spiro atoms. The van der Waals surface area contributed by atoms with Gasteiger partial charge in [0.05, 0.1) is 0 Å². The molecule has 4 heteroatoms. The van der Waals surface area contributed by atoms with Crippen molar-refractivity contribution in [3.05, 3.63) is 34.1 Å². The lowest BCUT2D eigenvalue weighted by atomic mass is 9.83. The van der Waals surface area contributed by atoms with E-state index >= 15 is 0 Å². The van der Waals surface area contributed by atoms with Crippen LogP contribution >= 0.6 is 11.6 Å². The molecule has 21 heavy (non-hydrogen) atoms. The van der Waals surface area contributed by atoms with Crippen molar-refractivity contribution in [1.82, 2.24) is 0 Å². The van der Waals surface area contributed by atoms with Crippen LogP contribution in [0.5, 0.6) is 0 Å². The van der Waals surface area contributed by atoms with E-state index in [-0.39, 0.29) is 29.0 Å². The number of carbonyl (C=O) groups is 2. The summed E-state index contributed by atoms with van der Waals surface area (Å²) in [6.07, 6.45) is 0.565. The fourth-order valence-electron chi connectivity index (χ4n) is 2.33. The molecule has 0 aromatic heterocycles. The Hall–Kier alpha value is -1.22. The maximum Gasteiger partial charge on any atom is 0.137 e. The summed E-state index contributed by atoms with van der Waals surface area (Å²) in [7, 11) is 0. The molecule has 0 aliphatic carbocycles. The molecular formula is C17H22ClFO2. The predicted molar refractivity (Wildman–Crippen MR) is 83.4 cm³/mol. The van der Waals surface area contributed by atoms with Gasteiger partial charge in [0.15, 0.2) is 0 Å². The molecule has 1 aromatic rings. The lowest BCUT2D eigenvalue weighted by Crippen LogP contribution is -2.16. The Balaban J connectivity index is 3.25. The van der Waals surface area contributed by atoms with Crippen molar-refractivity contribution in [1.29, 1.82) is 0 Å². The summed E-state index contributed by atoms with van der Waals surface area (Å²) in [5.74, 6) is -1.23. The Kier molecular flexibility index (Phi) is 5.68. The van der Waals surface area contributed by atoms with E-state index in [2.05, 4.69) is 0 Å². The van der Waals surface area contributed by atoms with E-state index in [9.17, 15) is 14.0 Å². The van der Waals surface area contributed by atoms with Crippen LogP contribution in [0.4, 0.5) is 4.39 Å². The zero-order valence-corrected chi connectivity index (χ0v) is 14.0. The summed E-state index contributed by atoms with van der Waals surface area (Å²) in [5.41, 5.74) is 0.711. The molecule has 0 saturated heterocycles. The van der Waals surface area contributed by atoms with Gasteiger partial charge >= 0.3 is 0 Å². The molecule has 0 saturated carbocycles. The van der Waals surface area contributed by atoms with Crippen molar-refractivity contribution in [2.45, 2.75) is 58.8 Å². The first-order valence-corrected chi connectivity index (χ1v) is 7.41. The average Bonchev–Trinajstić information content (AvgIpc) is 2.30. The highest BCUT2D eigenvalue weighted by atomic mass is 35.5. The topological polar surface area (TPSA) is 34.1 Å². The summed E-state index contributed by atoms with van der Waals surface area (Å²) in [6, 6.07) is 2.94. The quantitative estimate of drug-likeness (QED) is 0.781. The van der Waals surface area contributed by atoms with Crippen LogP contribution in [0.15, 0.2) is 12.1 Å². The van der Waals surface area contributed by atoms with Crippen molar-refractivity contribution < 1.29 is 14.0 Å². The number of Topliss-reactive ketones (excluding diaryl/α,β-unsaturated/α-hetero) is 2. The molecule has 0 N–H and O–H groups in total. The van der Waals surface area contributed by atoms with Crippen molar-refractivity contribution >= 4 is 23.2 Å². The Morgan fingerprint density at radius 1 is 1.24 bits per heavy atom. The lowest BCUT2D eigenvalue weighted by molar-refractivity contribution is -0.119. The minimum absolute atomic E-state index is 0.0148. The van der Waals surface area contributed by atoms with E-state index in [1.165, 1.54) is 26.0 Å². The lowest BCUT2D eigenvalue weighted by Gasteiger charge is -2.23. The van der Waals surface area contributed by atoms with Crippen LogP contribution in [0.25, 0.3) is 0 Å². The van der Waals surface area contributed by atoms with Crippen LogP contribution in [0.1, 0.15) is 64.5 Å². The summed E-state index contributed by atoms with van der Waals surface area (Å²) in [4.78, 5) is 22.9. The molecule has 1 atom stereocenters. The molecule has 0 aliphatic heterocycles. The average molecular weight is 313 g/mol. The SMILES string of the molecule is CC(=O)CCC(C(C)=O)c1cc(Cl)c(C(C)(C)C)cc1F. The van der Waals surface area contributed by atoms with Crippen molar-refractivity contribution in [2.75, 3.05) is 0 Å². The third kappa shape index (κ3) is 4.63. The first kappa shape index (κ1) is 17.8. The molecule has 0 heterocycles. The zero-order valence-electron chi connectivity index (χ0n) is 13.2. The van der Waals surface area contributed by atoms with E-state index < -0.39 is 11.7 Å². The number of benzene rings is 1. The fourth-order valence-corrected chi connectivity index (χ4v) is 2.78. The number of hydrogen-bond donors (Lipinski definition) is 0. The van der Waals surface area contributed by atoms with Gasteiger partial charge in [-0.1, -0.05) is 32.4 Å². The molecule has 1 unspecified atom stereocenters. The maximum atomic E-state index is 14.4. The molecule has 0 fully saturated rings. The standard InChI is InChI=1S/C17H22ClFO2/c1-10(20)6-7-12(11(2)21)13-8-15(18)14(9-16(13)19)17(3,4)5/h8-9,12H,6-7H2,1-5H3. The molecule has 2 nitrogen and oxygen atoms in total. The normalized spacial score (nSPS) is 13.1. The van der Waals surface area contributed by atoms with Gasteiger partial charge in [0.1, 0.15) is 17.4 Å². The number of rotatable bonds is 5. The second-order valence-corrected chi connectivity index (χ2v) is 6.91. The minimum atomic E-state index is -0.625.